The van der Waals surface area contributed by atoms with Crippen molar-refractivity contribution in [3.63, 3.8) is 0 Å². The number of rotatable bonds is 5. The van der Waals surface area contributed by atoms with E-state index < -0.39 is 23.5 Å². The largest absolute Gasteiger partial charge is 0.507 e. The number of Topliss-reactive ketones (excluding diaryl/α,β-unsaturated/α-hetero) is 1. The molecular weight excluding hydrogens is 445 g/mol. The molecule has 1 aliphatic heterocycles. The van der Waals surface area contributed by atoms with Crippen LogP contribution in [0.2, 0.25) is 5.02 Å². The number of aliphatic hydroxyl groups is 1. The first kappa shape index (κ1) is 22.6. The third-order valence-electron chi connectivity index (χ3n) is 5.52. The van der Waals surface area contributed by atoms with Crippen LogP contribution in [0.1, 0.15) is 29.7 Å². The van der Waals surface area contributed by atoms with Gasteiger partial charge in [-0.15, -0.1) is 0 Å². The van der Waals surface area contributed by atoms with E-state index in [2.05, 4.69) is 0 Å². The van der Waals surface area contributed by atoms with E-state index in [0.717, 1.165) is 5.56 Å². The van der Waals surface area contributed by atoms with E-state index in [9.17, 15) is 19.1 Å². The molecule has 0 aromatic heterocycles. The van der Waals surface area contributed by atoms with Crippen LogP contribution in [-0.4, -0.2) is 23.4 Å². The van der Waals surface area contributed by atoms with Gasteiger partial charge in [-0.05, 0) is 61.4 Å². The van der Waals surface area contributed by atoms with Crippen molar-refractivity contribution in [2.75, 3.05) is 11.5 Å². The first-order valence-corrected chi connectivity index (χ1v) is 10.8. The summed E-state index contributed by atoms with van der Waals surface area (Å²) in [6.07, 6.45) is 0. The van der Waals surface area contributed by atoms with Crippen LogP contribution in [0.25, 0.3) is 5.76 Å². The van der Waals surface area contributed by atoms with E-state index in [-0.39, 0.29) is 22.6 Å². The topological polar surface area (TPSA) is 66.8 Å². The predicted octanol–water partition coefficient (Wildman–Crippen LogP) is 5.81. The van der Waals surface area contributed by atoms with E-state index >= 15 is 0 Å². The predicted molar refractivity (Wildman–Crippen MR) is 125 cm³/mol. The average Bonchev–Trinajstić information content (AvgIpc) is 3.05. The maximum absolute atomic E-state index is 14.0. The SMILES string of the molecule is CCOc1cc(/C(O)=C2\C(=O)C(=O)N(c3cccc(F)c3)C2c2ccccc2C)ccc1Cl. The van der Waals surface area contributed by atoms with Crippen LogP contribution in [0, 0.1) is 12.7 Å². The van der Waals surface area contributed by atoms with Gasteiger partial charge in [-0.3, -0.25) is 14.5 Å². The third-order valence-corrected chi connectivity index (χ3v) is 5.83. The van der Waals surface area contributed by atoms with Crippen molar-refractivity contribution in [3.8, 4) is 5.75 Å². The molecule has 1 heterocycles. The van der Waals surface area contributed by atoms with Crippen LogP contribution < -0.4 is 9.64 Å². The molecular formula is C26H21ClFNO4. The summed E-state index contributed by atoms with van der Waals surface area (Å²) >= 11 is 6.17. The van der Waals surface area contributed by atoms with Crippen LogP contribution in [0.4, 0.5) is 10.1 Å². The summed E-state index contributed by atoms with van der Waals surface area (Å²) in [6, 6.07) is 16.4. The fourth-order valence-corrected chi connectivity index (χ4v) is 4.16. The minimum atomic E-state index is -0.945. The number of amides is 1. The van der Waals surface area contributed by atoms with Crippen LogP contribution >= 0.6 is 11.6 Å². The number of ketones is 1. The Balaban J connectivity index is 1.96. The van der Waals surface area contributed by atoms with E-state index in [1.165, 1.54) is 29.2 Å². The Morgan fingerprint density at radius 2 is 1.85 bits per heavy atom. The zero-order valence-electron chi connectivity index (χ0n) is 18.0. The van der Waals surface area contributed by atoms with Crippen molar-refractivity contribution in [3.05, 3.63) is 99.8 Å². The molecule has 0 saturated carbocycles. The van der Waals surface area contributed by atoms with Gasteiger partial charge in [0, 0.05) is 11.3 Å². The van der Waals surface area contributed by atoms with Gasteiger partial charge in [-0.1, -0.05) is 41.9 Å². The van der Waals surface area contributed by atoms with Crippen LogP contribution in [0.3, 0.4) is 0 Å². The van der Waals surface area contributed by atoms with Gasteiger partial charge in [0.25, 0.3) is 11.7 Å². The molecule has 1 aliphatic rings. The van der Waals surface area contributed by atoms with Gasteiger partial charge >= 0.3 is 0 Å². The number of anilines is 1. The first-order chi connectivity index (χ1) is 15.8. The lowest BCUT2D eigenvalue weighted by Crippen LogP contribution is -2.29. The zero-order chi connectivity index (χ0) is 23.7. The summed E-state index contributed by atoms with van der Waals surface area (Å²) in [5.74, 6) is -2.28. The average molecular weight is 466 g/mol. The maximum Gasteiger partial charge on any atom is 0.300 e. The third kappa shape index (κ3) is 4.10. The smallest absolute Gasteiger partial charge is 0.300 e. The van der Waals surface area contributed by atoms with Gasteiger partial charge in [0.1, 0.15) is 17.3 Å². The zero-order valence-corrected chi connectivity index (χ0v) is 18.8. The molecule has 0 bridgehead atoms. The molecule has 0 spiro atoms. The molecule has 3 aromatic carbocycles. The first-order valence-electron chi connectivity index (χ1n) is 10.4. The number of benzene rings is 3. The highest BCUT2D eigenvalue weighted by atomic mass is 35.5. The Hall–Kier alpha value is -3.64. The van der Waals surface area contributed by atoms with Crippen molar-refractivity contribution in [1.29, 1.82) is 0 Å². The number of hydrogen-bond acceptors (Lipinski definition) is 4. The standard InChI is InChI=1S/C26H21ClFNO4/c1-3-33-21-13-16(11-12-20(21)27)24(30)22-23(19-10-5-4-7-15(19)2)29(26(32)25(22)31)18-9-6-8-17(28)14-18/h4-14,23,30H,3H2,1-2H3/b24-22+. The van der Waals surface area contributed by atoms with Crippen LogP contribution in [-0.2, 0) is 9.59 Å². The van der Waals surface area contributed by atoms with Gasteiger partial charge in [-0.2, -0.15) is 0 Å². The van der Waals surface area contributed by atoms with E-state index in [4.69, 9.17) is 16.3 Å². The second-order valence-electron chi connectivity index (χ2n) is 7.58. The summed E-state index contributed by atoms with van der Waals surface area (Å²) in [6.45, 7) is 4.00. The Labute approximate surface area is 195 Å². The van der Waals surface area contributed by atoms with Crippen LogP contribution in [0.15, 0.2) is 72.3 Å². The Morgan fingerprint density at radius 3 is 2.55 bits per heavy atom. The van der Waals surface area contributed by atoms with E-state index in [1.807, 2.05) is 19.1 Å². The minimum absolute atomic E-state index is 0.0941. The van der Waals surface area contributed by atoms with Crippen molar-refractivity contribution in [2.45, 2.75) is 19.9 Å². The molecule has 3 aromatic rings. The number of nitrogens with zero attached hydrogens (tertiary/aromatic N) is 1. The number of hydrogen-bond donors (Lipinski definition) is 1. The number of carbonyl (C=O) groups excluding carboxylic acids is 2. The molecule has 33 heavy (non-hydrogen) atoms. The van der Waals surface area contributed by atoms with E-state index in [0.29, 0.717) is 22.9 Å². The molecule has 1 saturated heterocycles. The Kier molecular flexibility index (Phi) is 6.20. The molecule has 1 atom stereocenters. The van der Waals surface area contributed by atoms with Crippen molar-refractivity contribution >= 4 is 34.7 Å². The van der Waals surface area contributed by atoms with Crippen LogP contribution in [0.5, 0.6) is 5.75 Å². The quantitative estimate of drug-likeness (QED) is 0.293. The highest BCUT2D eigenvalue weighted by Crippen LogP contribution is 2.43. The monoisotopic (exact) mass is 465 g/mol. The maximum atomic E-state index is 14.0. The highest BCUT2D eigenvalue weighted by Gasteiger charge is 2.47. The molecule has 5 nitrogen and oxygen atoms in total. The molecule has 1 fully saturated rings. The molecule has 7 heteroatoms. The lowest BCUT2D eigenvalue weighted by atomic mass is 9.92. The molecule has 1 N–H and O–H groups in total. The molecule has 1 amide bonds. The van der Waals surface area contributed by atoms with Gasteiger partial charge in [-0.25, -0.2) is 4.39 Å². The summed E-state index contributed by atoms with van der Waals surface area (Å²) in [5.41, 5.74) is 1.85. The Morgan fingerprint density at radius 1 is 1.09 bits per heavy atom. The fraction of sp³-hybridized carbons (Fsp3) is 0.154. The molecule has 1 unspecified atom stereocenters. The number of carbonyl (C=O) groups is 2. The number of halogens is 2. The second kappa shape index (κ2) is 9.08. The normalized spacial score (nSPS) is 17.5. The van der Waals surface area contributed by atoms with Crippen molar-refractivity contribution in [1.82, 2.24) is 0 Å². The molecule has 168 valence electrons. The van der Waals surface area contributed by atoms with Gasteiger partial charge < -0.3 is 9.84 Å². The summed E-state index contributed by atoms with van der Waals surface area (Å²) in [7, 11) is 0. The second-order valence-corrected chi connectivity index (χ2v) is 7.99. The van der Waals surface area contributed by atoms with Crippen molar-refractivity contribution < 1.29 is 23.8 Å². The highest BCUT2D eigenvalue weighted by molar-refractivity contribution is 6.51. The lowest BCUT2D eigenvalue weighted by molar-refractivity contribution is -0.132. The lowest BCUT2D eigenvalue weighted by Gasteiger charge is -2.26. The Bertz CT molecular complexity index is 1290. The van der Waals surface area contributed by atoms with Gasteiger partial charge in [0.05, 0.1) is 23.2 Å². The summed E-state index contributed by atoms with van der Waals surface area (Å²) in [4.78, 5) is 27.6. The van der Waals surface area contributed by atoms with Crippen molar-refractivity contribution in [2.24, 2.45) is 0 Å². The summed E-state index contributed by atoms with van der Waals surface area (Å²) in [5, 5.41) is 11.6. The molecule has 0 radical (unpaired) electrons. The van der Waals surface area contributed by atoms with E-state index in [1.54, 1.807) is 37.3 Å². The molecule has 4 rings (SSSR count). The number of ether oxygens (including phenoxy) is 1. The fourth-order valence-electron chi connectivity index (χ4n) is 3.98. The van der Waals surface area contributed by atoms with Gasteiger partial charge in [0.2, 0.25) is 0 Å². The number of aryl methyl sites for hydroxylation is 1. The van der Waals surface area contributed by atoms with Gasteiger partial charge in [0.15, 0.2) is 0 Å². The molecule has 0 aliphatic carbocycles. The summed E-state index contributed by atoms with van der Waals surface area (Å²) < 4.78 is 19.5. The minimum Gasteiger partial charge on any atom is -0.507 e. The number of aliphatic hydroxyl groups excluding tert-OH is 1.